The SMILES string of the molecule is CCc1cccc(OCC(=O)NCCc2cccc(Cl)c2)c1. The molecule has 0 radical (unpaired) electrons. The van der Waals surface area contributed by atoms with Crippen LogP contribution in [-0.4, -0.2) is 19.1 Å². The summed E-state index contributed by atoms with van der Waals surface area (Å²) in [6, 6.07) is 15.4. The lowest BCUT2D eigenvalue weighted by molar-refractivity contribution is -0.123. The first-order valence-electron chi connectivity index (χ1n) is 7.40. The molecule has 0 aliphatic rings. The number of carbonyl (C=O) groups is 1. The van der Waals surface area contributed by atoms with E-state index in [9.17, 15) is 4.79 Å². The lowest BCUT2D eigenvalue weighted by Crippen LogP contribution is -2.30. The van der Waals surface area contributed by atoms with Gasteiger partial charge in [0, 0.05) is 11.6 Å². The third-order valence-corrected chi connectivity index (χ3v) is 3.54. The Bertz CT molecular complexity index is 628. The Hall–Kier alpha value is -2.00. The topological polar surface area (TPSA) is 38.3 Å². The van der Waals surface area contributed by atoms with E-state index in [4.69, 9.17) is 16.3 Å². The summed E-state index contributed by atoms with van der Waals surface area (Å²) < 4.78 is 5.50. The fourth-order valence-corrected chi connectivity index (χ4v) is 2.31. The second-order valence-electron chi connectivity index (χ2n) is 5.02. The first-order chi connectivity index (χ1) is 10.7. The van der Waals surface area contributed by atoms with Gasteiger partial charge < -0.3 is 10.1 Å². The quantitative estimate of drug-likeness (QED) is 0.846. The number of hydrogen-bond donors (Lipinski definition) is 1. The van der Waals surface area contributed by atoms with Gasteiger partial charge in [0.1, 0.15) is 5.75 Å². The third-order valence-electron chi connectivity index (χ3n) is 3.30. The minimum atomic E-state index is -0.121. The van der Waals surface area contributed by atoms with E-state index in [1.807, 2.05) is 48.5 Å². The Kier molecular flexibility index (Phi) is 6.28. The molecule has 2 aromatic rings. The van der Waals surface area contributed by atoms with Crippen LogP contribution in [0.5, 0.6) is 5.75 Å². The van der Waals surface area contributed by atoms with Gasteiger partial charge in [-0.05, 0) is 48.2 Å². The van der Waals surface area contributed by atoms with Crippen LogP contribution in [0.15, 0.2) is 48.5 Å². The molecule has 0 aliphatic carbocycles. The number of benzene rings is 2. The molecule has 1 N–H and O–H groups in total. The predicted molar refractivity (Wildman–Crippen MR) is 89.5 cm³/mol. The van der Waals surface area contributed by atoms with Crippen molar-refractivity contribution in [3.8, 4) is 5.75 Å². The van der Waals surface area contributed by atoms with Gasteiger partial charge in [0.15, 0.2) is 6.61 Å². The molecule has 0 spiro atoms. The lowest BCUT2D eigenvalue weighted by Gasteiger charge is -2.08. The van der Waals surface area contributed by atoms with E-state index in [1.165, 1.54) is 5.56 Å². The number of hydrogen-bond acceptors (Lipinski definition) is 2. The van der Waals surface area contributed by atoms with Crippen molar-refractivity contribution in [3.63, 3.8) is 0 Å². The van der Waals surface area contributed by atoms with Crippen molar-refractivity contribution in [1.29, 1.82) is 0 Å². The van der Waals surface area contributed by atoms with Crippen molar-refractivity contribution in [1.82, 2.24) is 5.32 Å². The number of amides is 1. The van der Waals surface area contributed by atoms with Crippen molar-refractivity contribution in [2.75, 3.05) is 13.2 Å². The molecule has 3 nitrogen and oxygen atoms in total. The third kappa shape index (κ3) is 5.41. The van der Waals surface area contributed by atoms with Gasteiger partial charge in [-0.25, -0.2) is 0 Å². The van der Waals surface area contributed by atoms with Gasteiger partial charge >= 0.3 is 0 Å². The number of halogens is 1. The second-order valence-corrected chi connectivity index (χ2v) is 5.46. The van der Waals surface area contributed by atoms with Crippen LogP contribution >= 0.6 is 11.6 Å². The van der Waals surface area contributed by atoms with Crippen LogP contribution in [0.2, 0.25) is 5.02 Å². The van der Waals surface area contributed by atoms with Crippen LogP contribution in [0.25, 0.3) is 0 Å². The smallest absolute Gasteiger partial charge is 0.257 e. The molecule has 2 rings (SSSR count). The van der Waals surface area contributed by atoms with Crippen LogP contribution in [-0.2, 0) is 17.6 Å². The molecule has 116 valence electrons. The second kappa shape index (κ2) is 8.44. The molecule has 0 bridgehead atoms. The van der Waals surface area contributed by atoms with Crippen molar-refractivity contribution >= 4 is 17.5 Å². The summed E-state index contributed by atoms with van der Waals surface area (Å²) in [4.78, 5) is 11.8. The van der Waals surface area contributed by atoms with Gasteiger partial charge in [-0.15, -0.1) is 0 Å². The largest absolute Gasteiger partial charge is 0.484 e. The first-order valence-corrected chi connectivity index (χ1v) is 7.78. The fourth-order valence-electron chi connectivity index (χ4n) is 2.09. The normalized spacial score (nSPS) is 10.3. The summed E-state index contributed by atoms with van der Waals surface area (Å²) in [5, 5.41) is 3.55. The molecular weight excluding hydrogens is 298 g/mol. The highest BCUT2D eigenvalue weighted by atomic mass is 35.5. The van der Waals surface area contributed by atoms with Crippen molar-refractivity contribution in [2.24, 2.45) is 0 Å². The maximum absolute atomic E-state index is 11.8. The van der Waals surface area contributed by atoms with Crippen molar-refractivity contribution < 1.29 is 9.53 Å². The number of carbonyl (C=O) groups excluding carboxylic acids is 1. The summed E-state index contributed by atoms with van der Waals surface area (Å²) in [6.07, 6.45) is 1.70. The van der Waals surface area contributed by atoms with E-state index in [1.54, 1.807) is 0 Å². The van der Waals surface area contributed by atoms with Crippen LogP contribution in [0.1, 0.15) is 18.1 Å². The Morgan fingerprint density at radius 2 is 1.91 bits per heavy atom. The lowest BCUT2D eigenvalue weighted by atomic mass is 10.1. The molecule has 0 aliphatic heterocycles. The minimum absolute atomic E-state index is 0.0305. The number of nitrogens with one attached hydrogen (secondary N) is 1. The maximum Gasteiger partial charge on any atom is 0.257 e. The highest BCUT2D eigenvalue weighted by Gasteiger charge is 2.03. The molecule has 0 unspecified atom stereocenters. The zero-order chi connectivity index (χ0) is 15.8. The van der Waals surface area contributed by atoms with Crippen molar-refractivity contribution in [3.05, 3.63) is 64.7 Å². The Labute approximate surface area is 136 Å². The molecule has 0 heterocycles. The summed E-state index contributed by atoms with van der Waals surface area (Å²) >= 11 is 5.92. The summed E-state index contributed by atoms with van der Waals surface area (Å²) in [5.41, 5.74) is 2.29. The van der Waals surface area contributed by atoms with Gasteiger partial charge in [-0.3, -0.25) is 4.79 Å². The van der Waals surface area contributed by atoms with E-state index in [0.717, 1.165) is 24.2 Å². The summed E-state index contributed by atoms with van der Waals surface area (Å²) in [6.45, 7) is 2.68. The minimum Gasteiger partial charge on any atom is -0.484 e. The fraction of sp³-hybridized carbons (Fsp3) is 0.278. The molecule has 22 heavy (non-hydrogen) atoms. The predicted octanol–water partition coefficient (Wildman–Crippen LogP) is 3.64. The Morgan fingerprint density at radius 3 is 2.68 bits per heavy atom. The standard InChI is InChI=1S/C18H20ClNO2/c1-2-14-5-4-8-17(12-14)22-13-18(21)20-10-9-15-6-3-7-16(19)11-15/h3-8,11-12H,2,9-10,13H2,1H3,(H,20,21). The summed E-state index contributed by atoms with van der Waals surface area (Å²) in [5.74, 6) is 0.605. The molecule has 0 aromatic heterocycles. The zero-order valence-corrected chi connectivity index (χ0v) is 13.4. The van der Waals surface area contributed by atoms with Crippen molar-refractivity contribution in [2.45, 2.75) is 19.8 Å². The van der Waals surface area contributed by atoms with Crippen LogP contribution in [0, 0.1) is 0 Å². The van der Waals surface area contributed by atoms with Gasteiger partial charge in [-0.1, -0.05) is 42.8 Å². The molecule has 0 fully saturated rings. The van der Waals surface area contributed by atoms with E-state index >= 15 is 0 Å². The monoisotopic (exact) mass is 317 g/mol. The Morgan fingerprint density at radius 1 is 1.14 bits per heavy atom. The molecule has 4 heteroatoms. The van der Waals surface area contributed by atoms with Crippen LogP contribution in [0.4, 0.5) is 0 Å². The number of rotatable bonds is 7. The summed E-state index contributed by atoms with van der Waals surface area (Å²) in [7, 11) is 0. The average Bonchev–Trinajstić information content (AvgIpc) is 2.53. The molecule has 0 atom stereocenters. The first kappa shape index (κ1) is 16.4. The van der Waals surface area contributed by atoms with Gasteiger partial charge in [0.25, 0.3) is 5.91 Å². The molecule has 1 amide bonds. The average molecular weight is 318 g/mol. The van der Waals surface area contributed by atoms with Gasteiger partial charge in [-0.2, -0.15) is 0 Å². The van der Waals surface area contributed by atoms with E-state index < -0.39 is 0 Å². The molecular formula is C18H20ClNO2. The number of ether oxygens (including phenoxy) is 1. The van der Waals surface area contributed by atoms with E-state index in [0.29, 0.717) is 11.6 Å². The Balaban J connectivity index is 1.71. The van der Waals surface area contributed by atoms with Gasteiger partial charge in [0.05, 0.1) is 0 Å². The van der Waals surface area contributed by atoms with Crippen LogP contribution in [0.3, 0.4) is 0 Å². The van der Waals surface area contributed by atoms with Gasteiger partial charge in [0.2, 0.25) is 0 Å². The highest BCUT2D eigenvalue weighted by molar-refractivity contribution is 6.30. The van der Waals surface area contributed by atoms with Crippen LogP contribution < -0.4 is 10.1 Å². The molecule has 2 aromatic carbocycles. The molecule has 0 saturated carbocycles. The molecule has 0 saturated heterocycles. The zero-order valence-electron chi connectivity index (χ0n) is 12.6. The van der Waals surface area contributed by atoms with E-state index in [2.05, 4.69) is 12.2 Å². The maximum atomic E-state index is 11.8. The number of aryl methyl sites for hydroxylation is 1. The highest BCUT2D eigenvalue weighted by Crippen LogP contribution is 2.13. The van der Waals surface area contributed by atoms with E-state index in [-0.39, 0.29) is 12.5 Å².